The number of rotatable bonds is 5. The van der Waals surface area contributed by atoms with Crippen LogP contribution in [0.25, 0.3) is 6.08 Å². The molecule has 1 N–H and O–H groups in total. The fraction of sp³-hybridized carbons (Fsp3) is 0.353. The summed E-state index contributed by atoms with van der Waals surface area (Å²) in [4.78, 5) is 37.3. The van der Waals surface area contributed by atoms with Gasteiger partial charge in [-0.2, -0.15) is 0 Å². The van der Waals surface area contributed by atoms with Gasteiger partial charge in [0, 0.05) is 24.6 Å². The zero-order valence-corrected chi connectivity index (χ0v) is 13.8. The van der Waals surface area contributed by atoms with E-state index in [1.54, 1.807) is 18.2 Å². The van der Waals surface area contributed by atoms with Gasteiger partial charge in [-0.1, -0.05) is 24.6 Å². The Labute approximate surface area is 143 Å². The summed E-state index contributed by atoms with van der Waals surface area (Å²) in [5, 5.41) is 2.35. The van der Waals surface area contributed by atoms with Crippen molar-refractivity contribution < 1.29 is 18.8 Å². The second-order valence-electron chi connectivity index (χ2n) is 5.77. The molecule has 126 valence electrons. The number of imide groups is 1. The van der Waals surface area contributed by atoms with E-state index < -0.39 is 17.0 Å². The lowest BCUT2D eigenvalue weighted by Gasteiger charge is -2.24. The Balaban J connectivity index is 1.59. The monoisotopic (exact) mass is 348 g/mol. The molecule has 1 aliphatic carbocycles. The number of hydrogen-bond acceptors (Lipinski definition) is 4. The van der Waals surface area contributed by atoms with Crippen LogP contribution in [0.1, 0.15) is 24.8 Å². The van der Waals surface area contributed by atoms with Crippen molar-refractivity contribution in [2.24, 2.45) is 5.92 Å². The van der Waals surface area contributed by atoms with Gasteiger partial charge in [-0.25, -0.2) is 4.39 Å². The quantitative estimate of drug-likeness (QED) is 0.831. The number of halogens is 1. The molecule has 3 amide bonds. The third kappa shape index (κ3) is 3.51. The molecule has 0 radical (unpaired) electrons. The van der Waals surface area contributed by atoms with Gasteiger partial charge in [-0.3, -0.25) is 19.3 Å². The van der Waals surface area contributed by atoms with E-state index in [-0.39, 0.29) is 35.4 Å². The fourth-order valence-corrected chi connectivity index (χ4v) is 3.39. The molecule has 1 aromatic carbocycles. The molecule has 1 aromatic rings. The number of amides is 3. The molecule has 1 saturated carbocycles. The zero-order valence-electron chi connectivity index (χ0n) is 13.0. The molecule has 2 aliphatic rings. The summed E-state index contributed by atoms with van der Waals surface area (Å²) >= 11 is 0.785. The average molecular weight is 348 g/mol. The maximum atomic E-state index is 13.7. The van der Waals surface area contributed by atoms with Gasteiger partial charge in [0.05, 0.1) is 4.91 Å². The molecular weight excluding hydrogens is 331 g/mol. The Kier molecular flexibility index (Phi) is 4.99. The van der Waals surface area contributed by atoms with Gasteiger partial charge in [0.15, 0.2) is 0 Å². The molecule has 1 saturated heterocycles. The first-order chi connectivity index (χ1) is 11.6. The van der Waals surface area contributed by atoms with Gasteiger partial charge in [-0.15, -0.1) is 0 Å². The summed E-state index contributed by atoms with van der Waals surface area (Å²) < 4.78 is 13.7. The molecule has 7 heteroatoms. The highest BCUT2D eigenvalue weighted by molar-refractivity contribution is 8.18. The van der Waals surface area contributed by atoms with Crippen LogP contribution in [0, 0.1) is 11.7 Å². The molecule has 2 fully saturated rings. The van der Waals surface area contributed by atoms with Crippen LogP contribution in [0.15, 0.2) is 29.2 Å². The Morgan fingerprint density at radius 2 is 2.08 bits per heavy atom. The molecule has 3 rings (SSSR count). The van der Waals surface area contributed by atoms with Crippen LogP contribution in [-0.4, -0.2) is 35.0 Å². The minimum Gasteiger partial charge on any atom is -0.354 e. The van der Waals surface area contributed by atoms with E-state index in [2.05, 4.69) is 5.32 Å². The maximum absolute atomic E-state index is 13.7. The molecule has 1 heterocycles. The Bertz CT molecular complexity index is 716. The van der Waals surface area contributed by atoms with Gasteiger partial charge >= 0.3 is 0 Å². The number of hydrogen-bond donors (Lipinski definition) is 1. The standard InChI is InChI=1S/C17H17FN2O3S/c18-13-7-2-1-4-12(13)10-14-16(22)20(17(23)24-14)9-8-19-15(21)11-5-3-6-11/h1-2,4,7,10-11H,3,5-6,8-9H2,(H,19,21)/b14-10-. The highest BCUT2D eigenvalue weighted by Crippen LogP contribution is 2.32. The van der Waals surface area contributed by atoms with Crippen LogP contribution in [-0.2, 0) is 9.59 Å². The predicted octanol–water partition coefficient (Wildman–Crippen LogP) is 2.78. The molecule has 0 aromatic heterocycles. The summed E-state index contributed by atoms with van der Waals surface area (Å²) in [5.74, 6) is -0.848. The third-order valence-electron chi connectivity index (χ3n) is 4.18. The normalized spacial score (nSPS) is 19.7. The lowest BCUT2D eigenvalue weighted by molar-refractivity contribution is -0.128. The summed E-state index contributed by atoms with van der Waals surface area (Å²) in [7, 11) is 0. The lowest BCUT2D eigenvalue weighted by Crippen LogP contribution is -2.40. The van der Waals surface area contributed by atoms with Crippen LogP contribution in [0.5, 0.6) is 0 Å². The topological polar surface area (TPSA) is 66.5 Å². The van der Waals surface area contributed by atoms with Crippen molar-refractivity contribution in [2.45, 2.75) is 19.3 Å². The van der Waals surface area contributed by atoms with Gasteiger partial charge in [0.2, 0.25) is 5.91 Å². The first-order valence-corrected chi connectivity index (χ1v) is 8.65. The number of benzene rings is 1. The average Bonchev–Trinajstić information content (AvgIpc) is 2.75. The number of carbonyl (C=O) groups is 3. The second-order valence-corrected chi connectivity index (χ2v) is 6.77. The second kappa shape index (κ2) is 7.17. The van der Waals surface area contributed by atoms with E-state index in [4.69, 9.17) is 0 Å². The van der Waals surface area contributed by atoms with Crippen molar-refractivity contribution in [2.75, 3.05) is 13.1 Å². The van der Waals surface area contributed by atoms with Crippen LogP contribution in [0.3, 0.4) is 0 Å². The molecular formula is C17H17FN2O3S. The highest BCUT2D eigenvalue weighted by atomic mass is 32.2. The van der Waals surface area contributed by atoms with Gasteiger partial charge in [0.1, 0.15) is 5.82 Å². The number of nitrogens with zero attached hydrogens (tertiary/aromatic N) is 1. The SMILES string of the molecule is O=C(NCCN1C(=O)S/C(=C\c2ccccc2F)C1=O)C1CCC1. The van der Waals surface area contributed by atoms with Crippen LogP contribution >= 0.6 is 11.8 Å². The van der Waals surface area contributed by atoms with Crippen LogP contribution in [0.2, 0.25) is 0 Å². The first kappa shape index (κ1) is 16.7. The Hall–Kier alpha value is -2.15. The largest absolute Gasteiger partial charge is 0.354 e. The van der Waals surface area contributed by atoms with Crippen LogP contribution in [0.4, 0.5) is 9.18 Å². The lowest BCUT2D eigenvalue weighted by atomic mass is 9.85. The molecule has 0 unspecified atom stereocenters. The van der Waals surface area contributed by atoms with Crippen molar-refractivity contribution in [3.63, 3.8) is 0 Å². The summed E-state index contributed by atoms with van der Waals surface area (Å²) in [5.41, 5.74) is 0.265. The number of nitrogens with one attached hydrogen (secondary N) is 1. The minimum atomic E-state index is -0.453. The molecule has 0 spiro atoms. The summed E-state index contributed by atoms with van der Waals surface area (Å²) in [6.45, 7) is 0.359. The van der Waals surface area contributed by atoms with Crippen molar-refractivity contribution in [3.05, 3.63) is 40.6 Å². The van der Waals surface area contributed by atoms with Crippen molar-refractivity contribution in [1.29, 1.82) is 0 Å². The Morgan fingerprint density at radius 3 is 2.75 bits per heavy atom. The van der Waals surface area contributed by atoms with Crippen molar-refractivity contribution >= 4 is 34.9 Å². The van der Waals surface area contributed by atoms with E-state index in [1.165, 1.54) is 12.1 Å². The van der Waals surface area contributed by atoms with E-state index in [0.717, 1.165) is 35.9 Å². The predicted molar refractivity (Wildman–Crippen MR) is 89.4 cm³/mol. The molecule has 5 nitrogen and oxygen atoms in total. The Morgan fingerprint density at radius 1 is 1.33 bits per heavy atom. The third-order valence-corrected chi connectivity index (χ3v) is 5.08. The fourth-order valence-electron chi connectivity index (χ4n) is 2.53. The van der Waals surface area contributed by atoms with E-state index in [9.17, 15) is 18.8 Å². The van der Waals surface area contributed by atoms with E-state index in [1.807, 2.05) is 0 Å². The highest BCUT2D eigenvalue weighted by Gasteiger charge is 2.35. The summed E-state index contributed by atoms with van der Waals surface area (Å²) in [6.07, 6.45) is 4.26. The van der Waals surface area contributed by atoms with E-state index >= 15 is 0 Å². The molecule has 24 heavy (non-hydrogen) atoms. The van der Waals surface area contributed by atoms with Crippen molar-refractivity contribution in [3.8, 4) is 0 Å². The van der Waals surface area contributed by atoms with E-state index in [0.29, 0.717) is 0 Å². The maximum Gasteiger partial charge on any atom is 0.293 e. The van der Waals surface area contributed by atoms with Gasteiger partial charge in [-0.05, 0) is 36.7 Å². The van der Waals surface area contributed by atoms with Gasteiger partial charge < -0.3 is 5.32 Å². The molecule has 1 aliphatic heterocycles. The molecule has 0 atom stereocenters. The number of carbonyl (C=O) groups excluding carboxylic acids is 3. The van der Waals surface area contributed by atoms with Crippen LogP contribution < -0.4 is 5.32 Å². The summed E-state index contributed by atoms with van der Waals surface area (Å²) in [6, 6.07) is 6.06. The first-order valence-electron chi connectivity index (χ1n) is 7.84. The number of thioether (sulfide) groups is 1. The van der Waals surface area contributed by atoms with Gasteiger partial charge in [0.25, 0.3) is 11.1 Å². The smallest absolute Gasteiger partial charge is 0.293 e. The minimum absolute atomic E-state index is 0.0184. The molecule has 0 bridgehead atoms. The van der Waals surface area contributed by atoms with Crippen molar-refractivity contribution in [1.82, 2.24) is 10.2 Å². The zero-order chi connectivity index (χ0) is 17.1.